The van der Waals surface area contributed by atoms with Crippen molar-refractivity contribution in [3.05, 3.63) is 46.6 Å². The van der Waals surface area contributed by atoms with Crippen molar-refractivity contribution in [2.45, 2.75) is 60.4 Å². The highest BCUT2D eigenvalue weighted by molar-refractivity contribution is 5.98. The number of amides is 1. The summed E-state index contributed by atoms with van der Waals surface area (Å²) in [6, 6.07) is 3.50. The van der Waals surface area contributed by atoms with E-state index in [0.29, 0.717) is 24.7 Å². The predicted octanol–water partition coefficient (Wildman–Crippen LogP) is 4.18. The van der Waals surface area contributed by atoms with Crippen molar-refractivity contribution < 1.29 is 20.1 Å². The zero-order valence-electron chi connectivity index (χ0n) is 19.8. The van der Waals surface area contributed by atoms with E-state index in [1.807, 2.05) is 39.8 Å². The number of hydrogen-bond donors (Lipinski definition) is 4. The average molecular weight is 421 g/mol. The molecule has 1 heterocycles. The third-order valence-corrected chi connectivity index (χ3v) is 4.60. The number of carbonyl (C=O) groups excluding carboxylic acids is 1. The fourth-order valence-electron chi connectivity index (χ4n) is 3.13. The molecule has 0 atom stereocenters. The van der Waals surface area contributed by atoms with Crippen LogP contribution in [0.2, 0.25) is 0 Å². The molecule has 2 rings (SSSR count). The lowest BCUT2D eigenvalue weighted by atomic mass is 9.98. The highest BCUT2D eigenvalue weighted by atomic mass is 16.3. The molecular weight excluding hydrogens is 380 g/mol. The van der Waals surface area contributed by atoms with E-state index in [-0.39, 0.29) is 28.9 Å². The molecule has 1 aliphatic heterocycles. The third-order valence-electron chi connectivity index (χ3n) is 4.60. The Morgan fingerprint density at radius 3 is 2.17 bits per heavy atom. The molecule has 6 nitrogen and oxygen atoms in total. The molecule has 1 amide bonds. The molecule has 0 fully saturated rings. The number of carbonyl (C=O) groups is 1. The summed E-state index contributed by atoms with van der Waals surface area (Å²) in [4.78, 5) is 14.4. The number of aromatic hydroxyl groups is 2. The number of aliphatic hydroxyl groups is 1. The molecule has 1 aromatic rings. The Bertz CT molecular complexity index is 737. The fraction of sp³-hybridized carbons (Fsp3) is 0.542. The van der Waals surface area contributed by atoms with Crippen molar-refractivity contribution in [1.82, 2.24) is 10.2 Å². The smallest absolute Gasteiger partial charge is 0.258 e. The van der Waals surface area contributed by atoms with E-state index < -0.39 is 0 Å². The Morgan fingerprint density at radius 2 is 1.73 bits per heavy atom. The van der Waals surface area contributed by atoms with Gasteiger partial charge < -0.3 is 25.5 Å². The van der Waals surface area contributed by atoms with Gasteiger partial charge in [-0.15, -0.1) is 0 Å². The highest BCUT2D eigenvalue weighted by Gasteiger charge is 2.26. The SMILES string of the molecule is C/C=C\C1=C(C)CN(C(=O)c2cc(C(C)C)c(O)cc2O)C1.CCNC(C)C.CO. The molecule has 0 aliphatic carbocycles. The van der Waals surface area contributed by atoms with Crippen LogP contribution >= 0.6 is 0 Å². The second-order valence-electron chi connectivity index (χ2n) is 7.76. The molecule has 0 spiro atoms. The lowest BCUT2D eigenvalue weighted by molar-refractivity contribution is 0.0793. The Hall–Kier alpha value is -2.31. The first-order valence-corrected chi connectivity index (χ1v) is 10.5. The molecule has 0 saturated heterocycles. The summed E-state index contributed by atoms with van der Waals surface area (Å²) in [5, 5.41) is 30.1. The molecule has 0 aromatic heterocycles. The molecule has 4 N–H and O–H groups in total. The van der Waals surface area contributed by atoms with Crippen LogP contribution in [0.1, 0.15) is 70.3 Å². The van der Waals surface area contributed by atoms with E-state index in [4.69, 9.17) is 5.11 Å². The molecule has 30 heavy (non-hydrogen) atoms. The van der Waals surface area contributed by atoms with Gasteiger partial charge >= 0.3 is 0 Å². The van der Waals surface area contributed by atoms with Crippen LogP contribution < -0.4 is 5.32 Å². The number of aliphatic hydroxyl groups excluding tert-OH is 1. The number of phenols is 2. The minimum atomic E-state index is -0.210. The van der Waals surface area contributed by atoms with Gasteiger partial charge in [0.05, 0.1) is 5.56 Å². The quantitative estimate of drug-likeness (QED) is 0.573. The zero-order chi connectivity index (χ0) is 23.4. The van der Waals surface area contributed by atoms with E-state index >= 15 is 0 Å². The van der Waals surface area contributed by atoms with Gasteiger partial charge in [-0.25, -0.2) is 0 Å². The van der Waals surface area contributed by atoms with Gasteiger partial charge in [-0.1, -0.05) is 46.8 Å². The minimum absolute atomic E-state index is 0.0226. The maximum atomic E-state index is 12.7. The number of nitrogens with one attached hydrogen (secondary N) is 1. The largest absolute Gasteiger partial charge is 0.508 e. The number of rotatable bonds is 5. The number of benzene rings is 1. The van der Waals surface area contributed by atoms with Gasteiger partial charge in [0.1, 0.15) is 11.5 Å². The van der Waals surface area contributed by atoms with Crippen LogP contribution in [-0.2, 0) is 0 Å². The van der Waals surface area contributed by atoms with Gasteiger partial charge in [-0.3, -0.25) is 4.79 Å². The molecule has 1 aromatic carbocycles. The number of nitrogens with zero attached hydrogens (tertiary/aromatic N) is 1. The van der Waals surface area contributed by atoms with Crippen LogP contribution in [0.4, 0.5) is 0 Å². The third kappa shape index (κ3) is 8.20. The van der Waals surface area contributed by atoms with Crippen LogP contribution in [0, 0.1) is 0 Å². The molecule has 0 unspecified atom stereocenters. The lowest BCUT2D eigenvalue weighted by Gasteiger charge is -2.19. The average Bonchev–Trinajstić information content (AvgIpc) is 3.04. The summed E-state index contributed by atoms with van der Waals surface area (Å²) in [7, 11) is 1.00. The normalized spacial score (nSPS) is 13.5. The molecule has 6 heteroatoms. The van der Waals surface area contributed by atoms with Gasteiger partial charge in [0.2, 0.25) is 0 Å². The predicted molar refractivity (Wildman–Crippen MR) is 124 cm³/mol. The Labute approximate surface area is 181 Å². The van der Waals surface area contributed by atoms with Crippen LogP contribution in [0.15, 0.2) is 35.4 Å². The molecule has 170 valence electrons. The first kappa shape index (κ1) is 27.7. The molecule has 0 radical (unpaired) electrons. The standard InChI is InChI=1S/C18H23NO3.C5H13N.CH4O/c1-5-6-13-10-19(9-12(13)4)18(22)15-7-14(11(2)3)16(20)8-17(15)21;1-4-6-5(2)3;1-2/h5-8,11,20-21H,9-10H2,1-4H3;5-6H,4H2,1-3H3;2H,1H3/b6-5-;;. The topological polar surface area (TPSA) is 93.0 Å². The molecule has 1 aliphatic rings. The van der Waals surface area contributed by atoms with Crippen molar-refractivity contribution in [3.63, 3.8) is 0 Å². The van der Waals surface area contributed by atoms with Gasteiger partial charge in [-0.2, -0.15) is 0 Å². The van der Waals surface area contributed by atoms with E-state index in [1.165, 1.54) is 6.07 Å². The lowest BCUT2D eigenvalue weighted by Crippen LogP contribution is -2.29. The van der Waals surface area contributed by atoms with E-state index in [1.54, 1.807) is 11.0 Å². The van der Waals surface area contributed by atoms with E-state index in [9.17, 15) is 15.0 Å². The molecular formula is C24H40N2O4. The van der Waals surface area contributed by atoms with E-state index in [0.717, 1.165) is 24.8 Å². The van der Waals surface area contributed by atoms with Crippen LogP contribution in [-0.4, -0.2) is 58.9 Å². The van der Waals surface area contributed by atoms with Crippen molar-refractivity contribution in [2.75, 3.05) is 26.7 Å². The van der Waals surface area contributed by atoms with Gasteiger partial charge in [0, 0.05) is 32.3 Å². The molecule has 0 saturated carbocycles. The summed E-state index contributed by atoms with van der Waals surface area (Å²) in [5.74, 6) is -0.291. The fourth-order valence-corrected chi connectivity index (χ4v) is 3.13. The zero-order valence-corrected chi connectivity index (χ0v) is 19.8. The number of hydrogen-bond acceptors (Lipinski definition) is 5. The van der Waals surface area contributed by atoms with Crippen molar-refractivity contribution in [2.24, 2.45) is 0 Å². The Balaban J connectivity index is 0.000000905. The first-order valence-electron chi connectivity index (χ1n) is 10.5. The summed E-state index contributed by atoms with van der Waals surface area (Å²) in [5.41, 5.74) is 3.21. The maximum absolute atomic E-state index is 12.7. The van der Waals surface area contributed by atoms with Gasteiger partial charge in [0.15, 0.2) is 0 Å². The molecule has 0 bridgehead atoms. The minimum Gasteiger partial charge on any atom is -0.508 e. The number of allylic oxidation sites excluding steroid dienone is 1. The monoisotopic (exact) mass is 420 g/mol. The maximum Gasteiger partial charge on any atom is 0.258 e. The summed E-state index contributed by atoms with van der Waals surface area (Å²) in [6.07, 6.45) is 3.97. The van der Waals surface area contributed by atoms with Crippen molar-refractivity contribution >= 4 is 5.91 Å². The summed E-state index contributed by atoms with van der Waals surface area (Å²) < 4.78 is 0. The Kier molecular flexibility index (Phi) is 12.8. The van der Waals surface area contributed by atoms with Gasteiger partial charge in [-0.05, 0) is 49.1 Å². The summed E-state index contributed by atoms with van der Waals surface area (Å²) in [6.45, 7) is 16.4. The van der Waals surface area contributed by atoms with E-state index in [2.05, 4.69) is 26.1 Å². The van der Waals surface area contributed by atoms with Gasteiger partial charge in [0.25, 0.3) is 5.91 Å². The van der Waals surface area contributed by atoms with Crippen LogP contribution in [0.3, 0.4) is 0 Å². The van der Waals surface area contributed by atoms with Crippen molar-refractivity contribution in [3.8, 4) is 11.5 Å². The first-order chi connectivity index (χ1) is 14.1. The highest BCUT2D eigenvalue weighted by Crippen LogP contribution is 2.33. The van der Waals surface area contributed by atoms with Crippen molar-refractivity contribution in [1.29, 1.82) is 0 Å². The number of phenolic OH excluding ortho intramolecular Hbond substituents is 2. The Morgan fingerprint density at radius 1 is 1.13 bits per heavy atom. The summed E-state index contributed by atoms with van der Waals surface area (Å²) >= 11 is 0. The second-order valence-corrected chi connectivity index (χ2v) is 7.76. The van der Waals surface area contributed by atoms with Crippen LogP contribution in [0.25, 0.3) is 0 Å². The van der Waals surface area contributed by atoms with Crippen LogP contribution in [0.5, 0.6) is 11.5 Å². The second kappa shape index (κ2) is 13.8.